The third kappa shape index (κ3) is 1.76. The van der Waals surface area contributed by atoms with Crippen LogP contribution in [0, 0.1) is 5.41 Å². The number of hydrogen-bond donors (Lipinski definition) is 0. The second kappa shape index (κ2) is 3.13. The quantitative estimate of drug-likeness (QED) is 0.537. The molecule has 0 N–H and O–H groups in total. The van der Waals surface area contributed by atoms with Crippen molar-refractivity contribution in [2.24, 2.45) is 10.5 Å². The highest BCUT2D eigenvalue weighted by Gasteiger charge is 2.23. The topological polar surface area (TPSA) is 15.6 Å². The van der Waals surface area contributed by atoms with E-state index in [-0.39, 0.29) is 5.41 Å². The van der Waals surface area contributed by atoms with Gasteiger partial charge in [-0.05, 0) is 12.5 Å². The van der Waals surface area contributed by atoms with Crippen molar-refractivity contribution >= 4 is 6.21 Å². The van der Waals surface area contributed by atoms with Gasteiger partial charge in [0, 0.05) is 24.4 Å². The molecule has 0 bridgehead atoms. The van der Waals surface area contributed by atoms with Crippen LogP contribution in [0.5, 0.6) is 0 Å². The zero-order chi connectivity index (χ0) is 9.19. The molecule has 0 aromatic carbocycles. The van der Waals surface area contributed by atoms with Crippen LogP contribution in [0.2, 0.25) is 0 Å². The molecule has 1 heterocycles. The first-order chi connectivity index (χ1) is 5.54. The highest BCUT2D eigenvalue weighted by Crippen LogP contribution is 2.31. The van der Waals surface area contributed by atoms with Gasteiger partial charge in [0.05, 0.1) is 0 Å². The van der Waals surface area contributed by atoms with Crippen LogP contribution in [0.3, 0.4) is 0 Å². The van der Waals surface area contributed by atoms with Crippen molar-refractivity contribution in [3.05, 3.63) is 24.4 Å². The summed E-state index contributed by atoms with van der Waals surface area (Å²) >= 11 is 0. The van der Waals surface area contributed by atoms with Gasteiger partial charge in [-0.1, -0.05) is 26.5 Å². The first-order valence-corrected chi connectivity index (χ1v) is 4.16. The molecule has 0 spiro atoms. The van der Waals surface area contributed by atoms with Gasteiger partial charge in [0.2, 0.25) is 0 Å². The van der Waals surface area contributed by atoms with Gasteiger partial charge in [-0.3, -0.25) is 5.01 Å². The van der Waals surface area contributed by atoms with Crippen molar-refractivity contribution in [3.63, 3.8) is 0 Å². The summed E-state index contributed by atoms with van der Waals surface area (Å²) in [6, 6.07) is 0. The standard InChI is InChI=1S/C10H16N2/c1-9-10(2,3)7-5-6-8-11-12(9)4/h5-6,8H,1,7H2,2-4H3/b6-5-,11-8-. The van der Waals surface area contributed by atoms with Crippen LogP contribution in [0.1, 0.15) is 20.3 Å². The minimum Gasteiger partial charge on any atom is -0.273 e. The third-order valence-corrected chi connectivity index (χ3v) is 2.26. The average Bonchev–Trinajstić information content (AvgIpc) is 2.00. The second-order valence-corrected chi connectivity index (χ2v) is 3.75. The smallest absolute Gasteiger partial charge is 0.0471 e. The SMILES string of the molecule is C=C1N(C)/N=C\C=C/CC1(C)C. The molecule has 0 fully saturated rings. The Morgan fingerprint density at radius 1 is 1.58 bits per heavy atom. The summed E-state index contributed by atoms with van der Waals surface area (Å²) in [5.74, 6) is 0. The molecule has 2 heteroatoms. The predicted octanol–water partition coefficient (Wildman–Crippen LogP) is 2.40. The summed E-state index contributed by atoms with van der Waals surface area (Å²) in [7, 11) is 1.93. The molecule has 0 saturated carbocycles. The lowest BCUT2D eigenvalue weighted by Gasteiger charge is -2.31. The van der Waals surface area contributed by atoms with Crippen LogP contribution in [0.15, 0.2) is 29.5 Å². The molecule has 0 atom stereocenters. The highest BCUT2D eigenvalue weighted by atomic mass is 15.4. The Morgan fingerprint density at radius 3 is 2.92 bits per heavy atom. The fraction of sp³-hybridized carbons (Fsp3) is 0.500. The van der Waals surface area contributed by atoms with Crippen molar-refractivity contribution in [3.8, 4) is 0 Å². The molecule has 1 rings (SSSR count). The predicted molar refractivity (Wildman–Crippen MR) is 52.9 cm³/mol. The lowest BCUT2D eigenvalue weighted by Crippen LogP contribution is -2.25. The van der Waals surface area contributed by atoms with E-state index in [0.29, 0.717) is 0 Å². The van der Waals surface area contributed by atoms with Crippen LogP contribution in [0.4, 0.5) is 0 Å². The van der Waals surface area contributed by atoms with Crippen LogP contribution in [0.25, 0.3) is 0 Å². The first kappa shape index (κ1) is 9.04. The van der Waals surface area contributed by atoms with Gasteiger partial charge in [-0.25, -0.2) is 0 Å². The normalized spacial score (nSPS) is 27.6. The molecular weight excluding hydrogens is 148 g/mol. The maximum atomic E-state index is 4.18. The zero-order valence-corrected chi connectivity index (χ0v) is 8.04. The van der Waals surface area contributed by atoms with Crippen LogP contribution >= 0.6 is 0 Å². The van der Waals surface area contributed by atoms with E-state index in [0.717, 1.165) is 12.1 Å². The Hall–Kier alpha value is -1.05. The van der Waals surface area contributed by atoms with Gasteiger partial charge in [0.25, 0.3) is 0 Å². The minimum atomic E-state index is 0.114. The van der Waals surface area contributed by atoms with Crippen LogP contribution in [-0.2, 0) is 0 Å². The maximum Gasteiger partial charge on any atom is 0.0471 e. The molecule has 0 aromatic heterocycles. The molecule has 12 heavy (non-hydrogen) atoms. The molecule has 0 amide bonds. The maximum absolute atomic E-state index is 4.18. The summed E-state index contributed by atoms with van der Waals surface area (Å²) in [5.41, 5.74) is 1.17. The second-order valence-electron chi connectivity index (χ2n) is 3.75. The van der Waals surface area contributed by atoms with Gasteiger partial charge in [0.1, 0.15) is 0 Å². The van der Waals surface area contributed by atoms with Gasteiger partial charge >= 0.3 is 0 Å². The summed E-state index contributed by atoms with van der Waals surface area (Å²) in [6.07, 6.45) is 6.91. The van der Waals surface area contributed by atoms with E-state index < -0.39 is 0 Å². The van der Waals surface area contributed by atoms with Gasteiger partial charge in [-0.2, -0.15) is 5.10 Å². The van der Waals surface area contributed by atoms with Gasteiger partial charge in [-0.15, -0.1) is 0 Å². The van der Waals surface area contributed by atoms with E-state index in [2.05, 4.69) is 31.6 Å². The van der Waals surface area contributed by atoms with Crippen molar-refractivity contribution in [2.75, 3.05) is 7.05 Å². The Balaban J connectivity index is 2.90. The number of hydrazone groups is 1. The largest absolute Gasteiger partial charge is 0.273 e. The summed E-state index contributed by atoms with van der Waals surface area (Å²) in [6.45, 7) is 8.38. The molecule has 0 radical (unpaired) electrons. The lowest BCUT2D eigenvalue weighted by molar-refractivity contribution is 0.304. The molecule has 0 unspecified atom stereocenters. The number of allylic oxidation sites excluding steroid dienone is 3. The van der Waals surface area contributed by atoms with E-state index in [4.69, 9.17) is 0 Å². The third-order valence-electron chi connectivity index (χ3n) is 2.26. The zero-order valence-electron chi connectivity index (χ0n) is 8.04. The molecule has 1 aliphatic heterocycles. The van der Waals surface area contributed by atoms with E-state index >= 15 is 0 Å². The molecule has 66 valence electrons. The van der Waals surface area contributed by atoms with Crippen molar-refractivity contribution in [1.29, 1.82) is 0 Å². The molecule has 0 aromatic rings. The molecule has 0 saturated heterocycles. The Kier molecular flexibility index (Phi) is 2.36. The van der Waals surface area contributed by atoms with Crippen LogP contribution in [-0.4, -0.2) is 18.3 Å². The monoisotopic (exact) mass is 164 g/mol. The van der Waals surface area contributed by atoms with E-state index in [1.165, 1.54) is 0 Å². The van der Waals surface area contributed by atoms with Crippen molar-refractivity contribution in [1.82, 2.24) is 5.01 Å². The molecule has 2 nitrogen and oxygen atoms in total. The first-order valence-electron chi connectivity index (χ1n) is 4.16. The highest BCUT2D eigenvalue weighted by molar-refractivity contribution is 5.70. The number of nitrogens with zero attached hydrogens (tertiary/aromatic N) is 2. The van der Waals surface area contributed by atoms with Crippen LogP contribution < -0.4 is 0 Å². The Morgan fingerprint density at radius 2 is 2.25 bits per heavy atom. The van der Waals surface area contributed by atoms with Crippen molar-refractivity contribution < 1.29 is 0 Å². The summed E-state index contributed by atoms with van der Waals surface area (Å²) < 4.78 is 0. The van der Waals surface area contributed by atoms with E-state index in [9.17, 15) is 0 Å². The average molecular weight is 164 g/mol. The summed E-state index contributed by atoms with van der Waals surface area (Å²) in [5, 5.41) is 6.02. The fourth-order valence-electron chi connectivity index (χ4n) is 1.19. The number of rotatable bonds is 0. The van der Waals surface area contributed by atoms with E-state index in [1.54, 1.807) is 6.21 Å². The Labute approximate surface area is 74.3 Å². The number of hydrogen-bond acceptors (Lipinski definition) is 2. The molecular formula is C10H16N2. The van der Waals surface area contributed by atoms with Crippen molar-refractivity contribution in [2.45, 2.75) is 20.3 Å². The minimum absolute atomic E-state index is 0.114. The van der Waals surface area contributed by atoms with E-state index in [1.807, 2.05) is 18.1 Å². The van der Waals surface area contributed by atoms with Gasteiger partial charge in [0.15, 0.2) is 0 Å². The Bertz CT molecular complexity index is 236. The summed E-state index contributed by atoms with van der Waals surface area (Å²) in [4.78, 5) is 0. The van der Waals surface area contributed by atoms with Gasteiger partial charge < -0.3 is 0 Å². The lowest BCUT2D eigenvalue weighted by atomic mass is 9.85. The fourth-order valence-corrected chi connectivity index (χ4v) is 1.19. The molecule has 1 aliphatic rings. The molecule has 0 aliphatic carbocycles.